The summed E-state index contributed by atoms with van der Waals surface area (Å²) in [7, 11) is 1.63. The van der Waals surface area contributed by atoms with Gasteiger partial charge in [0, 0.05) is 12.6 Å². The predicted molar refractivity (Wildman–Crippen MR) is 123 cm³/mol. The van der Waals surface area contributed by atoms with E-state index in [1.165, 1.54) is 6.42 Å². The van der Waals surface area contributed by atoms with Gasteiger partial charge < -0.3 is 15.0 Å². The van der Waals surface area contributed by atoms with Crippen LogP contribution in [-0.2, 0) is 22.6 Å². The Balaban J connectivity index is 1.78. The summed E-state index contributed by atoms with van der Waals surface area (Å²) < 4.78 is 5.33. The number of carbonyl (C=O) groups excluding carboxylic acids is 2. The Morgan fingerprint density at radius 3 is 2.55 bits per heavy atom. The van der Waals surface area contributed by atoms with Gasteiger partial charge in [0.1, 0.15) is 11.8 Å². The Bertz CT molecular complexity index is 890. The van der Waals surface area contributed by atoms with Crippen LogP contribution in [0.5, 0.6) is 5.75 Å². The smallest absolute Gasteiger partial charge is 0.242 e. The van der Waals surface area contributed by atoms with E-state index < -0.39 is 6.04 Å². The highest BCUT2D eigenvalue weighted by atomic mass is 16.5. The Hall–Kier alpha value is -2.82. The molecular weight excluding hydrogens is 388 g/mol. The molecule has 2 aromatic carbocycles. The second kappa shape index (κ2) is 11.0. The quantitative estimate of drug-likeness (QED) is 0.685. The highest BCUT2D eigenvalue weighted by molar-refractivity contribution is 5.88. The Kier molecular flexibility index (Phi) is 8.10. The van der Waals surface area contributed by atoms with Gasteiger partial charge in [-0.1, -0.05) is 55.7 Å². The number of carbonyl (C=O) groups is 2. The zero-order valence-corrected chi connectivity index (χ0v) is 18.9. The van der Waals surface area contributed by atoms with Crippen molar-refractivity contribution in [2.45, 2.75) is 71.0 Å². The molecule has 0 spiro atoms. The summed E-state index contributed by atoms with van der Waals surface area (Å²) in [6.07, 6.45) is 5.85. The molecule has 3 rings (SSSR count). The maximum Gasteiger partial charge on any atom is 0.242 e. The van der Waals surface area contributed by atoms with E-state index in [-0.39, 0.29) is 24.3 Å². The van der Waals surface area contributed by atoms with Crippen molar-refractivity contribution in [1.82, 2.24) is 10.2 Å². The second-order valence-corrected chi connectivity index (χ2v) is 8.50. The third-order valence-electron chi connectivity index (χ3n) is 6.21. The van der Waals surface area contributed by atoms with Crippen molar-refractivity contribution in [3.63, 3.8) is 0 Å². The summed E-state index contributed by atoms with van der Waals surface area (Å²) in [6.45, 7) is 4.20. The lowest BCUT2D eigenvalue weighted by molar-refractivity contribution is -0.140. The largest absolute Gasteiger partial charge is 0.497 e. The van der Waals surface area contributed by atoms with E-state index in [0.717, 1.165) is 48.1 Å². The van der Waals surface area contributed by atoms with Crippen LogP contribution in [0.3, 0.4) is 0 Å². The first-order valence-electron chi connectivity index (χ1n) is 11.2. The molecule has 1 aliphatic rings. The van der Waals surface area contributed by atoms with Crippen LogP contribution in [0.15, 0.2) is 48.5 Å². The zero-order valence-electron chi connectivity index (χ0n) is 18.9. The molecule has 0 heterocycles. The van der Waals surface area contributed by atoms with Gasteiger partial charge in [-0.2, -0.15) is 0 Å². The first kappa shape index (κ1) is 22.9. The molecule has 5 heteroatoms. The molecule has 2 aromatic rings. The highest BCUT2D eigenvalue weighted by Gasteiger charge is 2.28. The van der Waals surface area contributed by atoms with Crippen LogP contribution in [0.2, 0.25) is 0 Å². The lowest BCUT2D eigenvalue weighted by Crippen LogP contribution is -2.50. The van der Waals surface area contributed by atoms with Crippen molar-refractivity contribution < 1.29 is 14.3 Å². The molecule has 5 nitrogen and oxygen atoms in total. The minimum absolute atomic E-state index is 0.0524. The number of hydrogen-bond donors (Lipinski definition) is 1. The van der Waals surface area contributed by atoms with Crippen LogP contribution in [0.25, 0.3) is 0 Å². The Morgan fingerprint density at radius 2 is 1.84 bits per heavy atom. The lowest BCUT2D eigenvalue weighted by atomic mass is 9.95. The number of ether oxygens (including phenoxy) is 1. The van der Waals surface area contributed by atoms with E-state index in [0.29, 0.717) is 6.54 Å². The van der Waals surface area contributed by atoms with Crippen LogP contribution in [0.1, 0.15) is 55.7 Å². The maximum atomic E-state index is 13.4. The van der Waals surface area contributed by atoms with Crippen LogP contribution in [-0.4, -0.2) is 35.9 Å². The van der Waals surface area contributed by atoms with E-state index in [1.54, 1.807) is 12.0 Å². The molecule has 0 saturated heterocycles. The van der Waals surface area contributed by atoms with Gasteiger partial charge in [0.2, 0.25) is 11.8 Å². The molecule has 0 aliphatic heterocycles. The average molecular weight is 423 g/mol. The lowest BCUT2D eigenvalue weighted by Gasteiger charge is -2.31. The SMILES string of the molecule is COc1cccc(CN(C(=O)Cc2ccccc2C)[C@@H](C)C(=O)NC2CCCCC2)c1. The molecular formula is C26H34N2O3. The zero-order chi connectivity index (χ0) is 22.2. The van der Waals surface area contributed by atoms with Gasteiger partial charge in [-0.3, -0.25) is 9.59 Å². The third-order valence-corrected chi connectivity index (χ3v) is 6.21. The minimum Gasteiger partial charge on any atom is -0.497 e. The number of amides is 2. The van der Waals surface area contributed by atoms with Gasteiger partial charge in [0.05, 0.1) is 13.5 Å². The predicted octanol–water partition coefficient (Wildman–Crippen LogP) is 4.41. The van der Waals surface area contributed by atoms with Crippen molar-refractivity contribution in [1.29, 1.82) is 0 Å². The summed E-state index contributed by atoms with van der Waals surface area (Å²) in [4.78, 5) is 28.1. The number of rotatable bonds is 8. The molecule has 1 fully saturated rings. The van der Waals surface area contributed by atoms with Crippen molar-refractivity contribution in [3.05, 3.63) is 65.2 Å². The standard InChI is InChI=1S/C26H34N2O3/c1-19-10-7-8-12-22(19)17-25(29)28(18-21-11-9-15-24(16-21)31-3)20(2)26(30)27-23-13-5-4-6-14-23/h7-12,15-16,20,23H,4-6,13-14,17-18H2,1-3H3,(H,27,30)/t20-/m0/s1. The van der Waals surface area contributed by atoms with Crippen LogP contribution in [0, 0.1) is 6.92 Å². The van der Waals surface area contributed by atoms with Gasteiger partial charge in [-0.15, -0.1) is 0 Å². The summed E-state index contributed by atoms with van der Waals surface area (Å²) in [5.41, 5.74) is 3.01. The molecule has 0 unspecified atom stereocenters. The van der Waals surface area contributed by atoms with E-state index in [9.17, 15) is 9.59 Å². The molecule has 1 N–H and O–H groups in total. The van der Waals surface area contributed by atoms with Gasteiger partial charge in [0.15, 0.2) is 0 Å². The van der Waals surface area contributed by atoms with Crippen molar-refractivity contribution >= 4 is 11.8 Å². The summed E-state index contributed by atoms with van der Waals surface area (Å²) in [5.74, 6) is 0.611. The first-order valence-corrected chi connectivity index (χ1v) is 11.2. The normalized spacial score (nSPS) is 15.2. The van der Waals surface area contributed by atoms with Gasteiger partial charge >= 0.3 is 0 Å². The van der Waals surface area contributed by atoms with Gasteiger partial charge in [0.25, 0.3) is 0 Å². The van der Waals surface area contributed by atoms with E-state index in [2.05, 4.69) is 5.32 Å². The first-order chi connectivity index (χ1) is 15.0. The number of methoxy groups -OCH3 is 1. The summed E-state index contributed by atoms with van der Waals surface area (Å²) in [5, 5.41) is 3.18. The minimum atomic E-state index is -0.551. The molecule has 1 saturated carbocycles. The number of hydrogen-bond acceptors (Lipinski definition) is 3. The van der Waals surface area contributed by atoms with E-state index in [4.69, 9.17) is 4.74 Å². The molecule has 31 heavy (non-hydrogen) atoms. The third kappa shape index (κ3) is 6.33. The average Bonchev–Trinajstić information content (AvgIpc) is 2.79. The molecule has 2 amide bonds. The van der Waals surface area contributed by atoms with Crippen LogP contribution >= 0.6 is 0 Å². The summed E-state index contributed by atoms with van der Waals surface area (Å²) in [6, 6.07) is 15.2. The van der Waals surface area contributed by atoms with Crippen molar-refractivity contribution in [2.24, 2.45) is 0 Å². The molecule has 0 radical (unpaired) electrons. The van der Waals surface area contributed by atoms with Crippen molar-refractivity contribution in [3.8, 4) is 5.75 Å². The molecule has 0 aromatic heterocycles. The number of nitrogens with zero attached hydrogens (tertiary/aromatic N) is 1. The van der Waals surface area contributed by atoms with E-state index >= 15 is 0 Å². The fraction of sp³-hybridized carbons (Fsp3) is 0.462. The molecule has 166 valence electrons. The number of nitrogens with one attached hydrogen (secondary N) is 1. The van der Waals surface area contributed by atoms with Crippen LogP contribution < -0.4 is 10.1 Å². The maximum absolute atomic E-state index is 13.4. The molecule has 0 bridgehead atoms. The molecule has 1 atom stereocenters. The van der Waals surface area contributed by atoms with Gasteiger partial charge in [-0.05, 0) is 55.5 Å². The monoisotopic (exact) mass is 422 g/mol. The van der Waals surface area contributed by atoms with Crippen LogP contribution in [0.4, 0.5) is 0 Å². The molecule has 1 aliphatic carbocycles. The fourth-order valence-corrected chi connectivity index (χ4v) is 4.19. The number of aryl methyl sites for hydroxylation is 1. The fourth-order valence-electron chi connectivity index (χ4n) is 4.19. The second-order valence-electron chi connectivity index (χ2n) is 8.50. The Labute approximate surface area is 185 Å². The highest BCUT2D eigenvalue weighted by Crippen LogP contribution is 2.20. The Morgan fingerprint density at radius 1 is 1.10 bits per heavy atom. The van der Waals surface area contributed by atoms with Gasteiger partial charge in [-0.25, -0.2) is 0 Å². The number of benzene rings is 2. The summed E-state index contributed by atoms with van der Waals surface area (Å²) >= 11 is 0. The topological polar surface area (TPSA) is 58.6 Å². The van der Waals surface area contributed by atoms with E-state index in [1.807, 2.05) is 62.4 Å². The van der Waals surface area contributed by atoms with Crippen molar-refractivity contribution in [2.75, 3.05) is 7.11 Å².